The number of hydrogen-bond donors (Lipinski definition) is 2. The third-order valence-corrected chi connectivity index (χ3v) is 8.00. The third kappa shape index (κ3) is 14.4. The van der Waals surface area contributed by atoms with Crippen LogP contribution in [0.3, 0.4) is 0 Å². The van der Waals surface area contributed by atoms with E-state index in [1.54, 1.807) is 7.11 Å². The van der Waals surface area contributed by atoms with Gasteiger partial charge in [0.15, 0.2) is 0 Å². The van der Waals surface area contributed by atoms with Gasteiger partial charge in [0, 0.05) is 54.5 Å². The summed E-state index contributed by atoms with van der Waals surface area (Å²) in [4.78, 5) is 10.0. The van der Waals surface area contributed by atoms with Crippen LogP contribution in [0.15, 0.2) is 53.5 Å². The second-order valence-electron chi connectivity index (χ2n) is 11.4. The number of aryl methyl sites for hydroxylation is 1. The Morgan fingerprint density at radius 1 is 1.02 bits per heavy atom. The fraction of sp³-hybridized carbons (Fsp3) is 0.639. The van der Waals surface area contributed by atoms with Gasteiger partial charge in [-0.1, -0.05) is 80.8 Å². The van der Waals surface area contributed by atoms with Crippen LogP contribution < -0.4 is 0 Å². The number of nitrogens with zero attached hydrogens (tertiary/aromatic N) is 3. The molecule has 7 nitrogen and oxygen atoms in total. The van der Waals surface area contributed by atoms with Crippen LogP contribution in [0.25, 0.3) is 0 Å². The van der Waals surface area contributed by atoms with Gasteiger partial charge in [-0.3, -0.25) is 9.89 Å². The van der Waals surface area contributed by atoms with Crippen LogP contribution in [0.4, 0.5) is 0 Å². The van der Waals surface area contributed by atoms with Gasteiger partial charge in [0.05, 0.1) is 25.0 Å². The fourth-order valence-corrected chi connectivity index (χ4v) is 5.38. The van der Waals surface area contributed by atoms with Crippen LogP contribution in [0.1, 0.15) is 99.9 Å². The van der Waals surface area contributed by atoms with Gasteiger partial charge in [0.1, 0.15) is 6.23 Å². The number of likely N-dealkylation sites (N-methyl/N-ethyl adjacent to an activating group) is 1. The number of hydrogen-bond acceptors (Lipinski definition) is 6. The molecule has 2 aromatic carbocycles. The Hall–Kier alpha value is -2.29. The first-order chi connectivity index (χ1) is 20.9. The SMILES string of the molecule is CCCCCC(=NC(C)c1ccc(C)cc1)N(C)CC(OC)N1CCC(c2cccc(CO)c2)CC1.CCCOC.CO. The lowest BCUT2D eigenvalue weighted by Gasteiger charge is -2.39. The molecule has 1 aliphatic heterocycles. The molecule has 1 heterocycles. The zero-order valence-corrected chi connectivity index (χ0v) is 28.4. The maximum atomic E-state index is 9.50. The summed E-state index contributed by atoms with van der Waals surface area (Å²) in [5.74, 6) is 1.72. The van der Waals surface area contributed by atoms with Gasteiger partial charge < -0.3 is 24.6 Å². The number of aliphatic hydroxyl groups is 2. The molecule has 7 heteroatoms. The molecule has 0 spiro atoms. The van der Waals surface area contributed by atoms with E-state index in [9.17, 15) is 5.11 Å². The van der Waals surface area contributed by atoms with E-state index < -0.39 is 0 Å². The van der Waals surface area contributed by atoms with Gasteiger partial charge >= 0.3 is 0 Å². The number of piperidine rings is 1. The molecule has 2 aromatic rings. The Kier molecular flexibility index (Phi) is 20.8. The van der Waals surface area contributed by atoms with Crippen molar-refractivity contribution in [2.75, 3.05) is 54.6 Å². The molecular formula is C36H61N3O4. The highest BCUT2D eigenvalue weighted by molar-refractivity contribution is 5.82. The Labute approximate surface area is 262 Å². The minimum Gasteiger partial charge on any atom is -0.400 e. The van der Waals surface area contributed by atoms with E-state index in [1.807, 2.05) is 13.2 Å². The monoisotopic (exact) mass is 599 g/mol. The average Bonchev–Trinajstić information content (AvgIpc) is 3.05. The van der Waals surface area contributed by atoms with Crippen LogP contribution in [-0.2, 0) is 16.1 Å². The number of ether oxygens (including phenoxy) is 2. The fourth-order valence-electron chi connectivity index (χ4n) is 5.38. The predicted molar refractivity (Wildman–Crippen MR) is 181 cm³/mol. The highest BCUT2D eigenvalue weighted by Gasteiger charge is 2.27. The Bertz CT molecular complexity index is 988. The van der Waals surface area contributed by atoms with Crippen molar-refractivity contribution in [2.24, 2.45) is 4.99 Å². The van der Waals surface area contributed by atoms with Crippen LogP contribution in [-0.4, -0.2) is 86.7 Å². The second-order valence-corrected chi connectivity index (χ2v) is 11.4. The van der Waals surface area contributed by atoms with Crippen molar-refractivity contribution in [3.8, 4) is 0 Å². The standard InChI is InChI=1S/C31H47N3O2.C4H10O.CH4O/c1-6-7-8-12-30(32-25(3)27-15-13-24(2)14-16-27)33(4)22-31(36-5)34-19-17-28(18-20-34)29-11-9-10-26(21-29)23-35;1-3-4-5-2;1-2/h9-11,13-16,21,25,28,31,35H,6-8,12,17-20,22-23H2,1-5H3;3-4H2,1-2H3;2H,1H3. The first-order valence-corrected chi connectivity index (χ1v) is 16.1. The van der Waals surface area contributed by atoms with E-state index in [-0.39, 0.29) is 18.9 Å². The van der Waals surface area contributed by atoms with Crippen molar-refractivity contribution < 1.29 is 19.7 Å². The van der Waals surface area contributed by atoms with E-state index in [4.69, 9.17) is 19.6 Å². The molecule has 3 rings (SSSR count). The van der Waals surface area contributed by atoms with Crippen LogP contribution >= 0.6 is 0 Å². The second kappa shape index (κ2) is 23.1. The molecule has 0 radical (unpaired) electrons. The first-order valence-electron chi connectivity index (χ1n) is 16.1. The number of amidine groups is 1. The van der Waals surface area contributed by atoms with Crippen LogP contribution in [0.5, 0.6) is 0 Å². The summed E-state index contributed by atoms with van der Waals surface area (Å²) in [6.07, 6.45) is 7.99. The number of aliphatic imine (C=N–C) groups is 1. The summed E-state index contributed by atoms with van der Waals surface area (Å²) >= 11 is 0. The van der Waals surface area contributed by atoms with Crippen molar-refractivity contribution in [3.63, 3.8) is 0 Å². The normalized spacial score (nSPS) is 15.5. The molecule has 0 bridgehead atoms. The zero-order valence-electron chi connectivity index (χ0n) is 28.4. The van der Waals surface area contributed by atoms with Gasteiger partial charge in [-0.25, -0.2) is 0 Å². The summed E-state index contributed by atoms with van der Waals surface area (Å²) < 4.78 is 10.7. The number of rotatable bonds is 14. The molecule has 43 heavy (non-hydrogen) atoms. The van der Waals surface area contributed by atoms with Gasteiger partial charge in [-0.15, -0.1) is 0 Å². The summed E-state index contributed by atoms with van der Waals surface area (Å²) in [7, 11) is 6.72. The number of benzene rings is 2. The highest BCUT2D eigenvalue weighted by Crippen LogP contribution is 2.30. The lowest BCUT2D eigenvalue weighted by Crippen LogP contribution is -2.48. The van der Waals surface area contributed by atoms with Gasteiger partial charge in [-0.05, 0) is 62.1 Å². The molecule has 2 N–H and O–H groups in total. The number of unbranched alkanes of at least 4 members (excludes halogenated alkanes) is 2. The molecule has 0 aliphatic carbocycles. The summed E-state index contributed by atoms with van der Waals surface area (Å²) in [5, 5.41) is 16.5. The van der Waals surface area contributed by atoms with Crippen molar-refractivity contribution >= 4 is 5.84 Å². The summed E-state index contributed by atoms with van der Waals surface area (Å²) in [5.41, 5.74) is 4.89. The molecule has 1 aliphatic rings. The van der Waals surface area contributed by atoms with Gasteiger partial charge in [0.2, 0.25) is 0 Å². The topological polar surface area (TPSA) is 77.8 Å². The molecule has 2 atom stereocenters. The lowest BCUT2D eigenvalue weighted by atomic mass is 9.88. The van der Waals surface area contributed by atoms with Gasteiger partial charge in [0.25, 0.3) is 0 Å². The van der Waals surface area contributed by atoms with E-state index in [1.165, 1.54) is 35.4 Å². The smallest absolute Gasteiger partial charge is 0.127 e. The first kappa shape index (κ1) is 38.7. The van der Waals surface area contributed by atoms with E-state index in [0.717, 1.165) is 71.0 Å². The van der Waals surface area contributed by atoms with Crippen LogP contribution in [0.2, 0.25) is 0 Å². The number of likely N-dealkylation sites (tertiary alicyclic amines) is 1. The molecule has 2 unspecified atom stereocenters. The molecule has 0 saturated carbocycles. The molecule has 1 fully saturated rings. The molecular weight excluding hydrogens is 538 g/mol. The minimum absolute atomic E-state index is 0.0470. The molecule has 244 valence electrons. The van der Waals surface area contributed by atoms with Crippen LogP contribution in [0, 0.1) is 6.92 Å². The number of methoxy groups -OCH3 is 2. The maximum Gasteiger partial charge on any atom is 0.127 e. The lowest BCUT2D eigenvalue weighted by molar-refractivity contribution is -0.0512. The van der Waals surface area contributed by atoms with E-state index in [0.29, 0.717) is 5.92 Å². The summed E-state index contributed by atoms with van der Waals surface area (Å²) in [6, 6.07) is 17.3. The molecule has 1 saturated heterocycles. The Balaban J connectivity index is 0.00000120. The van der Waals surface area contributed by atoms with Gasteiger partial charge in [-0.2, -0.15) is 0 Å². The molecule has 0 amide bonds. The minimum atomic E-state index is 0.0470. The average molecular weight is 600 g/mol. The molecule has 0 aromatic heterocycles. The maximum absolute atomic E-state index is 9.50. The van der Waals surface area contributed by atoms with Crippen molar-refractivity contribution in [3.05, 3.63) is 70.8 Å². The van der Waals surface area contributed by atoms with E-state index >= 15 is 0 Å². The Morgan fingerprint density at radius 2 is 1.70 bits per heavy atom. The van der Waals surface area contributed by atoms with Crippen molar-refractivity contribution in [1.82, 2.24) is 9.80 Å². The highest BCUT2D eigenvalue weighted by atomic mass is 16.5. The van der Waals surface area contributed by atoms with Crippen molar-refractivity contribution in [1.29, 1.82) is 0 Å². The Morgan fingerprint density at radius 3 is 2.23 bits per heavy atom. The van der Waals surface area contributed by atoms with Crippen molar-refractivity contribution in [2.45, 2.75) is 97.4 Å². The summed E-state index contributed by atoms with van der Waals surface area (Å²) in [6.45, 7) is 12.5. The predicted octanol–water partition coefficient (Wildman–Crippen LogP) is 6.96. The third-order valence-electron chi connectivity index (χ3n) is 8.00. The number of aliphatic hydroxyl groups excluding tert-OH is 2. The largest absolute Gasteiger partial charge is 0.400 e. The van der Waals surface area contributed by atoms with E-state index in [2.05, 4.69) is 87.0 Å². The zero-order chi connectivity index (χ0) is 32.0. The quantitative estimate of drug-likeness (QED) is 0.139.